The number of carbonyl (C=O) groups is 1. The van der Waals surface area contributed by atoms with Gasteiger partial charge in [-0.1, -0.05) is 11.2 Å². The van der Waals surface area contributed by atoms with Crippen molar-refractivity contribution in [3.8, 4) is 11.5 Å². The number of aromatic nitrogens is 4. The monoisotopic (exact) mass is 373 g/mol. The van der Waals surface area contributed by atoms with Crippen LogP contribution in [0.3, 0.4) is 0 Å². The predicted octanol–water partition coefficient (Wildman–Crippen LogP) is 2.32. The number of anilines is 1. The second-order valence-electron chi connectivity index (χ2n) is 7.13. The van der Waals surface area contributed by atoms with Gasteiger partial charge >= 0.3 is 5.97 Å². The highest BCUT2D eigenvalue weighted by molar-refractivity contribution is 5.92. The summed E-state index contributed by atoms with van der Waals surface area (Å²) >= 11 is 0. The van der Waals surface area contributed by atoms with E-state index in [1.807, 2.05) is 26.8 Å². The van der Waals surface area contributed by atoms with Crippen LogP contribution in [-0.2, 0) is 9.53 Å². The summed E-state index contributed by atoms with van der Waals surface area (Å²) in [7, 11) is 3.13. The van der Waals surface area contributed by atoms with Crippen LogP contribution < -0.4 is 14.8 Å². The fourth-order valence-electron chi connectivity index (χ4n) is 2.94. The van der Waals surface area contributed by atoms with Gasteiger partial charge in [-0.25, -0.2) is 4.79 Å². The Morgan fingerprint density at radius 3 is 2.52 bits per heavy atom. The number of carbonyl (C=O) groups excluding carboxylic acids is 1. The fourth-order valence-corrected chi connectivity index (χ4v) is 2.94. The third-order valence-electron chi connectivity index (χ3n) is 4.06. The molecule has 0 saturated heterocycles. The van der Waals surface area contributed by atoms with E-state index in [2.05, 4.69) is 20.8 Å². The number of rotatable bonds is 4. The molecular weight excluding hydrogens is 350 g/mol. The number of ether oxygens (including phenoxy) is 3. The molecule has 1 N–H and O–H groups in total. The Balaban J connectivity index is 2.13. The smallest absolute Gasteiger partial charge is 0.338 e. The number of benzene rings is 1. The van der Waals surface area contributed by atoms with Crippen LogP contribution in [0.2, 0.25) is 0 Å². The number of methoxy groups -OCH3 is 2. The zero-order valence-electron chi connectivity index (χ0n) is 16.2. The molecule has 0 aliphatic carbocycles. The van der Waals surface area contributed by atoms with Crippen molar-refractivity contribution < 1.29 is 19.0 Å². The number of nitrogens with one attached hydrogen (secondary N) is 1. The van der Waals surface area contributed by atoms with Gasteiger partial charge in [-0.05, 0) is 55.8 Å². The van der Waals surface area contributed by atoms with Gasteiger partial charge in [-0.3, -0.25) is 0 Å². The van der Waals surface area contributed by atoms with Gasteiger partial charge in [0.25, 0.3) is 0 Å². The van der Waals surface area contributed by atoms with Crippen LogP contribution in [0.4, 0.5) is 5.95 Å². The molecule has 1 atom stereocenters. The highest BCUT2D eigenvalue weighted by Gasteiger charge is 2.36. The van der Waals surface area contributed by atoms with Crippen molar-refractivity contribution in [3.05, 3.63) is 35.0 Å². The van der Waals surface area contributed by atoms with Gasteiger partial charge in [-0.2, -0.15) is 4.68 Å². The summed E-state index contributed by atoms with van der Waals surface area (Å²) in [6.07, 6.45) is 0. The Bertz CT molecular complexity index is 897. The van der Waals surface area contributed by atoms with Crippen molar-refractivity contribution in [1.82, 2.24) is 20.2 Å². The Kier molecular flexibility index (Phi) is 4.77. The van der Waals surface area contributed by atoms with Crippen LogP contribution in [0.5, 0.6) is 11.5 Å². The first-order valence-corrected chi connectivity index (χ1v) is 8.46. The zero-order valence-corrected chi connectivity index (χ0v) is 16.2. The summed E-state index contributed by atoms with van der Waals surface area (Å²) in [6.45, 7) is 7.27. The molecule has 0 amide bonds. The van der Waals surface area contributed by atoms with E-state index >= 15 is 0 Å². The number of allylic oxidation sites excluding steroid dienone is 1. The second-order valence-corrected chi connectivity index (χ2v) is 7.13. The summed E-state index contributed by atoms with van der Waals surface area (Å²) in [6, 6.07) is 4.87. The Hall–Kier alpha value is -3.10. The predicted molar refractivity (Wildman–Crippen MR) is 97.7 cm³/mol. The number of nitrogens with zero attached hydrogens (tertiary/aromatic N) is 4. The maximum absolute atomic E-state index is 13.0. The molecule has 0 bridgehead atoms. The maximum Gasteiger partial charge on any atom is 0.338 e. The molecule has 1 aromatic carbocycles. The molecule has 9 nitrogen and oxygen atoms in total. The molecule has 0 fully saturated rings. The molecule has 0 radical (unpaired) electrons. The summed E-state index contributed by atoms with van der Waals surface area (Å²) in [5.41, 5.74) is 1.19. The summed E-state index contributed by atoms with van der Waals surface area (Å²) < 4.78 is 17.9. The molecule has 1 unspecified atom stereocenters. The summed E-state index contributed by atoms with van der Waals surface area (Å²) in [4.78, 5) is 13.0. The van der Waals surface area contributed by atoms with Crippen molar-refractivity contribution in [2.24, 2.45) is 0 Å². The van der Waals surface area contributed by atoms with Gasteiger partial charge in [-0.15, -0.1) is 0 Å². The first kappa shape index (κ1) is 18.7. The Morgan fingerprint density at radius 1 is 1.19 bits per heavy atom. The molecular formula is C18H23N5O4. The van der Waals surface area contributed by atoms with Crippen molar-refractivity contribution in [3.63, 3.8) is 0 Å². The van der Waals surface area contributed by atoms with Crippen LogP contribution in [0.15, 0.2) is 29.5 Å². The van der Waals surface area contributed by atoms with Gasteiger partial charge < -0.3 is 19.5 Å². The lowest BCUT2D eigenvalue weighted by molar-refractivity contribution is -0.150. The molecule has 1 aliphatic heterocycles. The molecule has 0 spiro atoms. The minimum Gasteiger partial charge on any atom is -0.493 e. The van der Waals surface area contributed by atoms with Gasteiger partial charge in [0.15, 0.2) is 11.5 Å². The topological polar surface area (TPSA) is 100 Å². The molecule has 0 saturated carbocycles. The summed E-state index contributed by atoms with van der Waals surface area (Å²) in [5.74, 6) is 1.14. The SMILES string of the molecule is COc1ccc(C2C(C(=O)OC(C)(C)C)=C(C)Nc3nnnn32)cc1OC. The van der Waals surface area contributed by atoms with Gasteiger partial charge in [0.1, 0.15) is 11.6 Å². The zero-order chi connectivity index (χ0) is 19.8. The van der Waals surface area contributed by atoms with Crippen LogP contribution in [0.1, 0.15) is 39.3 Å². The number of esters is 1. The molecule has 2 aromatic rings. The van der Waals surface area contributed by atoms with E-state index in [-0.39, 0.29) is 0 Å². The minimum absolute atomic E-state index is 0.428. The molecule has 144 valence electrons. The first-order valence-electron chi connectivity index (χ1n) is 8.46. The highest BCUT2D eigenvalue weighted by atomic mass is 16.6. The minimum atomic E-state index is -0.632. The van der Waals surface area contributed by atoms with Crippen LogP contribution in [0.25, 0.3) is 0 Å². The molecule has 1 aromatic heterocycles. The second kappa shape index (κ2) is 6.90. The fraction of sp³-hybridized carbons (Fsp3) is 0.444. The molecule has 3 rings (SSSR count). The largest absolute Gasteiger partial charge is 0.493 e. The first-order chi connectivity index (χ1) is 12.7. The molecule has 2 heterocycles. The van der Waals surface area contributed by atoms with Crippen LogP contribution in [-0.4, -0.2) is 46.0 Å². The number of tetrazole rings is 1. The van der Waals surface area contributed by atoms with E-state index in [1.165, 1.54) is 0 Å². The molecule has 1 aliphatic rings. The van der Waals surface area contributed by atoms with Gasteiger partial charge in [0.05, 0.1) is 19.8 Å². The molecule has 27 heavy (non-hydrogen) atoms. The van der Waals surface area contributed by atoms with E-state index in [4.69, 9.17) is 14.2 Å². The lowest BCUT2D eigenvalue weighted by Gasteiger charge is -2.30. The van der Waals surface area contributed by atoms with Crippen molar-refractivity contribution in [2.45, 2.75) is 39.3 Å². The number of hydrogen-bond acceptors (Lipinski definition) is 8. The van der Waals surface area contributed by atoms with Crippen molar-refractivity contribution >= 4 is 11.9 Å². The van der Waals surface area contributed by atoms with Crippen molar-refractivity contribution in [1.29, 1.82) is 0 Å². The van der Waals surface area contributed by atoms with E-state index < -0.39 is 17.6 Å². The van der Waals surface area contributed by atoms with Crippen LogP contribution in [0, 0.1) is 0 Å². The summed E-state index contributed by atoms with van der Waals surface area (Å²) in [5, 5.41) is 14.8. The normalized spacial score (nSPS) is 16.4. The maximum atomic E-state index is 13.0. The van der Waals surface area contributed by atoms with Gasteiger partial charge in [0, 0.05) is 5.70 Å². The highest BCUT2D eigenvalue weighted by Crippen LogP contribution is 2.38. The van der Waals surface area contributed by atoms with E-state index in [1.54, 1.807) is 38.0 Å². The van der Waals surface area contributed by atoms with Crippen LogP contribution >= 0.6 is 0 Å². The Labute approximate surface area is 157 Å². The number of hydrogen-bond donors (Lipinski definition) is 1. The molecule has 9 heteroatoms. The average molecular weight is 373 g/mol. The third-order valence-corrected chi connectivity index (χ3v) is 4.06. The quantitative estimate of drug-likeness (QED) is 0.815. The van der Waals surface area contributed by atoms with Crippen molar-refractivity contribution in [2.75, 3.05) is 19.5 Å². The standard InChI is InChI=1S/C18H23N5O4/c1-10-14(16(24)27-18(2,3)4)15(23-17(19-10)20-21-22-23)11-7-8-12(25-5)13(9-11)26-6/h7-9,15H,1-6H3,(H,19,20,22). The lowest BCUT2D eigenvalue weighted by Crippen LogP contribution is -2.33. The van der Waals surface area contributed by atoms with E-state index in [0.717, 1.165) is 5.56 Å². The Morgan fingerprint density at radius 2 is 1.89 bits per heavy atom. The third kappa shape index (κ3) is 3.57. The number of fused-ring (bicyclic) bond motifs is 1. The van der Waals surface area contributed by atoms with E-state index in [9.17, 15) is 4.79 Å². The van der Waals surface area contributed by atoms with E-state index in [0.29, 0.717) is 28.7 Å². The average Bonchev–Trinajstić information content (AvgIpc) is 3.06. The lowest BCUT2D eigenvalue weighted by atomic mass is 9.95. The van der Waals surface area contributed by atoms with Gasteiger partial charge in [0.2, 0.25) is 5.95 Å².